The topological polar surface area (TPSA) is 98.3 Å². The van der Waals surface area contributed by atoms with Gasteiger partial charge in [-0.1, -0.05) is 0 Å². The summed E-state index contributed by atoms with van der Waals surface area (Å²) in [6.07, 6.45) is 2.31. The molecular weight excluding hydrogens is 234 g/mol. The summed E-state index contributed by atoms with van der Waals surface area (Å²) in [6.45, 7) is 2.00. The minimum absolute atomic E-state index is 0.112. The lowest BCUT2D eigenvalue weighted by atomic mass is 10.1. The SMILES string of the molecule is C[C@@H](Nc1ccc(C(N)=O)cc1[N+](=O)[O-])C1CC1. The number of hydrogen-bond acceptors (Lipinski definition) is 4. The van der Waals surface area contributed by atoms with E-state index < -0.39 is 10.8 Å². The van der Waals surface area contributed by atoms with E-state index in [9.17, 15) is 14.9 Å². The summed E-state index contributed by atoms with van der Waals surface area (Å²) in [5.74, 6) is -0.0830. The zero-order chi connectivity index (χ0) is 13.3. The molecule has 1 aliphatic carbocycles. The van der Waals surface area contributed by atoms with Gasteiger partial charge in [0.2, 0.25) is 5.91 Å². The first kappa shape index (κ1) is 12.3. The Morgan fingerprint density at radius 1 is 1.56 bits per heavy atom. The van der Waals surface area contributed by atoms with Crippen LogP contribution >= 0.6 is 0 Å². The number of benzene rings is 1. The molecule has 3 N–H and O–H groups in total. The van der Waals surface area contributed by atoms with E-state index in [1.165, 1.54) is 18.2 Å². The molecule has 18 heavy (non-hydrogen) atoms. The van der Waals surface area contributed by atoms with E-state index in [0.29, 0.717) is 11.6 Å². The van der Waals surface area contributed by atoms with Crippen LogP contribution in [0.15, 0.2) is 18.2 Å². The zero-order valence-corrected chi connectivity index (χ0v) is 10.1. The first-order valence-corrected chi connectivity index (χ1v) is 5.84. The fourth-order valence-electron chi connectivity index (χ4n) is 1.92. The molecule has 1 amide bonds. The number of carbonyl (C=O) groups excluding carboxylic acids is 1. The largest absolute Gasteiger partial charge is 0.377 e. The van der Waals surface area contributed by atoms with Gasteiger partial charge < -0.3 is 11.1 Å². The Kier molecular flexibility index (Phi) is 3.18. The van der Waals surface area contributed by atoms with Crippen molar-refractivity contribution in [2.75, 3.05) is 5.32 Å². The minimum Gasteiger partial charge on any atom is -0.377 e. The highest BCUT2D eigenvalue weighted by Gasteiger charge is 2.29. The third kappa shape index (κ3) is 2.58. The monoisotopic (exact) mass is 249 g/mol. The lowest BCUT2D eigenvalue weighted by molar-refractivity contribution is -0.384. The molecule has 0 radical (unpaired) electrons. The van der Waals surface area contributed by atoms with E-state index in [-0.39, 0.29) is 17.3 Å². The molecule has 2 rings (SSSR count). The van der Waals surface area contributed by atoms with Gasteiger partial charge in [-0.15, -0.1) is 0 Å². The van der Waals surface area contributed by atoms with Gasteiger partial charge in [0.05, 0.1) is 4.92 Å². The molecule has 0 aromatic heterocycles. The van der Waals surface area contributed by atoms with Crippen LogP contribution in [0.1, 0.15) is 30.1 Å². The highest BCUT2D eigenvalue weighted by atomic mass is 16.6. The number of nitrogens with one attached hydrogen (secondary N) is 1. The van der Waals surface area contributed by atoms with Crippen LogP contribution in [0, 0.1) is 16.0 Å². The zero-order valence-electron chi connectivity index (χ0n) is 10.1. The van der Waals surface area contributed by atoms with Crippen LogP contribution in [-0.4, -0.2) is 16.9 Å². The number of hydrogen-bond donors (Lipinski definition) is 2. The van der Waals surface area contributed by atoms with Gasteiger partial charge in [-0.3, -0.25) is 14.9 Å². The van der Waals surface area contributed by atoms with E-state index >= 15 is 0 Å². The van der Waals surface area contributed by atoms with Gasteiger partial charge in [-0.2, -0.15) is 0 Å². The molecule has 0 saturated heterocycles. The van der Waals surface area contributed by atoms with Crippen molar-refractivity contribution in [3.63, 3.8) is 0 Å². The van der Waals surface area contributed by atoms with Gasteiger partial charge in [0.15, 0.2) is 0 Å². The Balaban J connectivity index is 2.27. The smallest absolute Gasteiger partial charge is 0.293 e. The molecule has 0 unspecified atom stereocenters. The molecule has 1 aromatic rings. The summed E-state index contributed by atoms with van der Waals surface area (Å²) in [7, 11) is 0. The van der Waals surface area contributed by atoms with Gasteiger partial charge in [0, 0.05) is 17.7 Å². The van der Waals surface area contributed by atoms with Crippen molar-refractivity contribution in [3.05, 3.63) is 33.9 Å². The van der Waals surface area contributed by atoms with E-state index in [1.54, 1.807) is 0 Å². The standard InChI is InChI=1S/C12H15N3O3/c1-7(8-2-3-8)14-10-5-4-9(12(13)16)6-11(10)15(17)18/h4-8,14H,2-3H2,1H3,(H2,13,16)/t7-/m1/s1. The highest BCUT2D eigenvalue weighted by Crippen LogP contribution is 2.35. The number of nitrogens with zero attached hydrogens (tertiary/aromatic N) is 1. The van der Waals surface area contributed by atoms with Crippen molar-refractivity contribution in [3.8, 4) is 0 Å². The second kappa shape index (κ2) is 4.64. The second-order valence-electron chi connectivity index (χ2n) is 4.62. The number of anilines is 1. The van der Waals surface area contributed by atoms with Gasteiger partial charge in [-0.25, -0.2) is 0 Å². The first-order valence-electron chi connectivity index (χ1n) is 5.84. The summed E-state index contributed by atoms with van der Waals surface area (Å²) in [4.78, 5) is 21.5. The molecule has 0 bridgehead atoms. The highest BCUT2D eigenvalue weighted by molar-refractivity contribution is 5.94. The van der Waals surface area contributed by atoms with E-state index in [0.717, 1.165) is 12.8 Å². The van der Waals surface area contributed by atoms with Gasteiger partial charge in [0.1, 0.15) is 5.69 Å². The van der Waals surface area contributed by atoms with Crippen molar-refractivity contribution >= 4 is 17.3 Å². The number of amides is 1. The van der Waals surface area contributed by atoms with Crippen molar-refractivity contribution in [1.82, 2.24) is 0 Å². The number of nitrogens with two attached hydrogens (primary N) is 1. The van der Waals surface area contributed by atoms with E-state index in [4.69, 9.17) is 5.73 Å². The fourth-order valence-corrected chi connectivity index (χ4v) is 1.92. The molecular formula is C12H15N3O3. The maximum atomic E-state index is 11.0. The van der Waals surface area contributed by atoms with Gasteiger partial charge in [0.25, 0.3) is 5.69 Å². The Morgan fingerprint density at radius 3 is 2.72 bits per heavy atom. The van der Waals surface area contributed by atoms with Crippen molar-refractivity contribution in [2.45, 2.75) is 25.8 Å². The Hall–Kier alpha value is -2.11. The normalized spacial score (nSPS) is 16.1. The second-order valence-corrected chi connectivity index (χ2v) is 4.62. The summed E-state index contributed by atoms with van der Waals surface area (Å²) < 4.78 is 0. The van der Waals surface area contributed by atoms with Crippen molar-refractivity contribution in [2.24, 2.45) is 11.7 Å². The predicted octanol–water partition coefficient (Wildman–Crippen LogP) is 1.90. The average molecular weight is 249 g/mol. The molecule has 0 spiro atoms. The van der Waals surface area contributed by atoms with Gasteiger partial charge >= 0.3 is 0 Å². The summed E-state index contributed by atoms with van der Waals surface area (Å²) in [5.41, 5.74) is 5.58. The van der Waals surface area contributed by atoms with Gasteiger partial charge in [-0.05, 0) is 37.8 Å². The predicted molar refractivity (Wildman–Crippen MR) is 67.4 cm³/mol. The molecule has 0 aliphatic heterocycles. The molecule has 1 atom stereocenters. The van der Waals surface area contributed by atoms with Crippen LogP contribution in [0.2, 0.25) is 0 Å². The molecule has 1 fully saturated rings. The molecule has 1 aromatic carbocycles. The fraction of sp³-hybridized carbons (Fsp3) is 0.417. The van der Waals surface area contributed by atoms with Crippen LogP contribution in [-0.2, 0) is 0 Å². The summed E-state index contributed by atoms with van der Waals surface area (Å²) >= 11 is 0. The lowest BCUT2D eigenvalue weighted by Crippen LogP contribution is -2.18. The van der Waals surface area contributed by atoms with Crippen molar-refractivity contribution in [1.29, 1.82) is 0 Å². The molecule has 1 saturated carbocycles. The number of rotatable bonds is 5. The molecule has 6 heteroatoms. The molecule has 6 nitrogen and oxygen atoms in total. The van der Waals surface area contributed by atoms with Crippen LogP contribution in [0.25, 0.3) is 0 Å². The van der Waals surface area contributed by atoms with Crippen LogP contribution in [0.5, 0.6) is 0 Å². The van der Waals surface area contributed by atoms with Crippen molar-refractivity contribution < 1.29 is 9.72 Å². The minimum atomic E-state index is -0.667. The van der Waals surface area contributed by atoms with Crippen LogP contribution in [0.3, 0.4) is 0 Å². The number of primary amides is 1. The Morgan fingerprint density at radius 2 is 2.22 bits per heavy atom. The Labute approximate surface area is 104 Å². The average Bonchev–Trinajstić information content (AvgIpc) is 3.12. The Bertz CT molecular complexity index is 497. The summed E-state index contributed by atoms with van der Waals surface area (Å²) in [6, 6.07) is 4.45. The third-order valence-corrected chi connectivity index (χ3v) is 3.19. The number of nitro groups is 1. The molecule has 0 heterocycles. The maximum Gasteiger partial charge on any atom is 0.293 e. The number of nitro benzene ring substituents is 1. The van der Waals surface area contributed by atoms with Crippen LogP contribution in [0.4, 0.5) is 11.4 Å². The molecule has 1 aliphatic rings. The quantitative estimate of drug-likeness (QED) is 0.615. The van der Waals surface area contributed by atoms with E-state index in [1.807, 2.05) is 6.92 Å². The van der Waals surface area contributed by atoms with Crippen LogP contribution < -0.4 is 11.1 Å². The first-order chi connectivity index (χ1) is 8.49. The summed E-state index contributed by atoms with van der Waals surface area (Å²) in [5, 5.41) is 14.1. The molecule has 96 valence electrons. The third-order valence-electron chi connectivity index (χ3n) is 3.19. The lowest BCUT2D eigenvalue weighted by Gasteiger charge is -2.14. The maximum absolute atomic E-state index is 11.0. The number of carbonyl (C=O) groups is 1. The van der Waals surface area contributed by atoms with E-state index in [2.05, 4.69) is 5.32 Å².